The zero-order chi connectivity index (χ0) is 10.1. The van der Waals surface area contributed by atoms with Crippen molar-refractivity contribution in [1.82, 2.24) is 0 Å². The highest BCUT2D eigenvalue weighted by Crippen LogP contribution is 2.24. The Morgan fingerprint density at radius 1 is 1.62 bits per heavy atom. The summed E-state index contributed by atoms with van der Waals surface area (Å²) >= 11 is 1.31. The van der Waals surface area contributed by atoms with Crippen LogP contribution in [0.3, 0.4) is 0 Å². The fourth-order valence-corrected chi connectivity index (χ4v) is 3.15. The number of thiophene rings is 1. The van der Waals surface area contributed by atoms with Gasteiger partial charge in [-0.2, -0.15) is 0 Å². The molecule has 0 saturated carbocycles. The molecule has 0 radical (unpaired) electrons. The van der Waals surface area contributed by atoms with Crippen molar-refractivity contribution in [1.29, 1.82) is 0 Å². The summed E-state index contributed by atoms with van der Waals surface area (Å²) in [6.07, 6.45) is 0. The lowest BCUT2D eigenvalue weighted by molar-refractivity contribution is -0.139. The lowest BCUT2D eigenvalue weighted by atomic mass is 10.2. The lowest BCUT2D eigenvalue weighted by Crippen LogP contribution is -2.36. The predicted molar refractivity (Wildman–Crippen MR) is 52.4 cm³/mol. The maximum Gasteiger partial charge on any atom is 0.322 e. The van der Waals surface area contributed by atoms with E-state index in [9.17, 15) is 9.00 Å². The van der Waals surface area contributed by atoms with Crippen LogP contribution in [-0.2, 0) is 15.6 Å². The first-order valence-corrected chi connectivity index (χ1v) is 5.68. The quantitative estimate of drug-likeness (QED) is 0.840. The molecule has 1 heterocycles. The first-order valence-electron chi connectivity index (χ1n) is 3.65. The molecule has 1 rings (SSSR count). The summed E-state index contributed by atoms with van der Waals surface area (Å²) in [4.78, 5) is 10.8. The number of hydrogen-bond donors (Lipinski definition) is 1. The van der Waals surface area contributed by atoms with E-state index in [0.29, 0.717) is 4.21 Å². The van der Waals surface area contributed by atoms with Crippen LogP contribution in [0, 0.1) is 0 Å². The van der Waals surface area contributed by atoms with Crippen molar-refractivity contribution in [2.24, 2.45) is 0 Å². The van der Waals surface area contributed by atoms with Crippen LogP contribution in [0.5, 0.6) is 0 Å². The minimum absolute atomic E-state index is 0.604. The molecule has 0 aliphatic heterocycles. The van der Waals surface area contributed by atoms with Crippen molar-refractivity contribution in [3.8, 4) is 0 Å². The molecule has 1 aromatic rings. The molecule has 0 aromatic carbocycles. The van der Waals surface area contributed by atoms with Crippen molar-refractivity contribution in [3.63, 3.8) is 0 Å². The maximum atomic E-state index is 11.7. The van der Waals surface area contributed by atoms with E-state index in [4.69, 9.17) is 5.11 Å². The fourth-order valence-electron chi connectivity index (χ4n) is 0.700. The van der Waals surface area contributed by atoms with Gasteiger partial charge in [0.25, 0.3) is 0 Å². The Kier molecular flexibility index (Phi) is 2.87. The van der Waals surface area contributed by atoms with Crippen molar-refractivity contribution in [2.75, 3.05) is 0 Å². The van der Waals surface area contributed by atoms with E-state index in [1.54, 1.807) is 17.5 Å². The Bertz CT molecular complexity index is 327. The van der Waals surface area contributed by atoms with E-state index in [-0.39, 0.29) is 0 Å². The summed E-state index contributed by atoms with van der Waals surface area (Å²) in [6.45, 7) is 2.93. The van der Waals surface area contributed by atoms with E-state index < -0.39 is 21.5 Å². The highest BCUT2D eigenvalue weighted by Gasteiger charge is 2.35. The van der Waals surface area contributed by atoms with Crippen LogP contribution < -0.4 is 0 Å². The van der Waals surface area contributed by atoms with Crippen LogP contribution in [0.15, 0.2) is 21.7 Å². The summed E-state index contributed by atoms with van der Waals surface area (Å²) in [5.41, 5.74) is 0. The van der Waals surface area contributed by atoms with Gasteiger partial charge in [-0.3, -0.25) is 9.00 Å². The van der Waals surface area contributed by atoms with Gasteiger partial charge in [0, 0.05) is 0 Å². The lowest BCUT2D eigenvalue weighted by Gasteiger charge is -2.16. The maximum absolute atomic E-state index is 11.7. The van der Waals surface area contributed by atoms with Crippen molar-refractivity contribution >= 4 is 28.1 Å². The average Bonchev–Trinajstić information content (AvgIpc) is 2.54. The van der Waals surface area contributed by atoms with E-state index >= 15 is 0 Å². The predicted octanol–water partition coefficient (Wildman–Crippen LogP) is 1.72. The van der Waals surface area contributed by atoms with Crippen molar-refractivity contribution < 1.29 is 14.1 Å². The second kappa shape index (κ2) is 3.59. The fraction of sp³-hybridized carbons (Fsp3) is 0.375. The van der Waals surface area contributed by atoms with Crippen molar-refractivity contribution in [3.05, 3.63) is 17.5 Å². The first-order chi connectivity index (χ1) is 5.96. The van der Waals surface area contributed by atoms with Gasteiger partial charge in [-0.1, -0.05) is 6.07 Å². The zero-order valence-electron chi connectivity index (χ0n) is 7.31. The minimum atomic E-state index is -1.47. The van der Waals surface area contributed by atoms with Crippen LogP contribution in [0.4, 0.5) is 0 Å². The van der Waals surface area contributed by atoms with E-state index in [1.165, 1.54) is 25.2 Å². The summed E-state index contributed by atoms with van der Waals surface area (Å²) < 4.78 is 11.1. The molecule has 0 aliphatic rings. The molecule has 0 aliphatic carbocycles. The number of aliphatic carboxylic acids is 1. The van der Waals surface area contributed by atoms with Gasteiger partial charge in [-0.25, -0.2) is 0 Å². The molecule has 0 amide bonds. The number of carbonyl (C=O) groups is 1. The zero-order valence-corrected chi connectivity index (χ0v) is 8.95. The van der Waals surface area contributed by atoms with Gasteiger partial charge in [0.15, 0.2) is 0 Å². The second-order valence-electron chi connectivity index (χ2n) is 3.02. The summed E-state index contributed by atoms with van der Waals surface area (Å²) in [6, 6.07) is 3.45. The second-order valence-corrected chi connectivity index (χ2v) is 6.22. The molecule has 13 heavy (non-hydrogen) atoms. The molecular formula is C8H10O3S2. The summed E-state index contributed by atoms with van der Waals surface area (Å²) in [5.74, 6) is -1.04. The third-order valence-corrected chi connectivity index (χ3v) is 4.66. The minimum Gasteiger partial charge on any atom is -0.480 e. The molecule has 5 heteroatoms. The number of carboxylic acids is 1. The standard InChI is InChI=1S/C8H10O3S2/c1-8(2,7(9)10)13(11)6-4-3-5-12-6/h3-5H,1-2H3,(H,9,10). The first kappa shape index (κ1) is 10.4. The molecule has 1 N–H and O–H groups in total. The van der Waals surface area contributed by atoms with Crippen LogP contribution in [0.1, 0.15) is 13.8 Å². The topological polar surface area (TPSA) is 54.4 Å². The normalized spacial score (nSPS) is 14.0. The van der Waals surface area contributed by atoms with Crippen LogP contribution in [-0.4, -0.2) is 20.0 Å². The smallest absolute Gasteiger partial charge is 0.322 e. The van der Waals surface area contributed by atoms with Gasteiger partial charge >= 0.3 is 5.97 Å². The molecule has 1 aromatic heterocycles. The number of rotatable bonds is 3. The highest BCUT2D eigenvalue weighted by molar-refractivity contribution is 7.89. The van der Waals surface area contributed by atoms with E-state index in [0.717, 1.165) is 0 Å². The molecule has 0 spiro atoms. The Morgan fingerprint density at radius 2 is 2.23 bits per heavy atom. The van der Waals surface area contributed by atoms with Gasteiger partial charge in [-0.15, -0.1) is 11.3 Å². The van der Waals surface area contributed by atoms with Crippen LogP contribution in [0.25, 0.3) is 0 Å². The molecule has 1 atom stereocenters. The van der Waals surface area contributed by atoms with Gasteiger partial charge in [-0.05, 0) is 25.3 Å². The molecule has 1 unspecified atom stereocenters. The third-order valence-electron chi connectivity index (χ3n) is 1.66. The molecular weight excluding hydrogens is 208 g/mol. The highest BCUT2D eigenvalue weighted by atomic mass is 32.2. The Labute approximate surface area is 82.9 Å². The molecule has 0 fully saturated rings. The molecule has 3 nitrogen and oxygen atoms in total. The van der Waals surface area contributed by atoms with E-state index in [1.807, 2.05) is 0 Å². The van der Waals surface area contributed by atoms with Crippen LogP contribution >= 0.6 is 11.3 Å². The molecule has 72 valence electrons. The van der Waals surface area contributed by atoms with Gasteiger partial charge in [0.05, 0.1) is 15.0 Å². The SMILES string of the molecule is CC(C)(C(=O)O)S(=O)c1cccs1. The van der Waals surface area contributed by atoms with Gasteiger partial charge in [0.2, 0.25) is 0 Å². The Hall–Kier alpha value is -0.680. The number of hydrogen-bond acceptors (Lipinski definition) is 3. The van der Waals surface area contributed by atoms with Crippen LogP contribution in [0.2, 0.25) is 0 Å². The summed E-state index contributed by atoms with van der Waals surface area (Å²) in [7, 11) is -1.47. The monoisotopic (exact) mass is 218 g/mol. The Morgan fingerprint density at radius 3 is 2.62 bits per heavy atom. The largest absolute Gasteiger partial charge is 0.480 e. The number of carboxylic acid groups (broad SMARTS) is 1. The van der Waals surface area contributed by atoms with Gasteiger partial charge in [0.1, 0.15) is 4.75 Å². The van der Waals surface area contributed by atoms with E-state index in [2.05, 4.69) is 0 Å². The third kappa shape index (κ3) is 1.97. The van der Waals surface area contributed by atoms with Gasteiger partial charge < -0.3 is 5.11 Å². The molecule has 0 bridgehead atoms. The van der Waals surface area contributed by atoms with Crippen molar-refractivity contribution in [2.45, 2.75) is 22.8 Å². The average molecular weight is 218 g/mol. The molecule has 0 saturated heterocycles. The summed E-state index contributed by atoms with van der Waals surface area (Å²) in [5, 5.41) is 10.6. The Balaban J connectivity index is 2.98.